The van der Waals surface area contributed by atoms with Gasteiger partial charge in [-0.1, -0.05) is 33.6 Å². The van der Waals surface area contributed by atoms with Crippen LogP contribution < -0.4 is 0 Å². The van der Waals surface area contributed by atoms with Crippen LogP contribution in [0.25, 0.3) is 0 Å². The third-order valence-electron chi connectivity index (χ3n) is 4.75. The second-order valence-electron chi connectivity index (χ2n) is 6.08. The van der Waals surface area contributed by atoms with E-state index >= 15 is 0 Å². The van der Waals surface area contributed by atoms with Gasteiger partial charge in [-0.25, -0.2) is 4.79 Å². The van der Waals surface area contributed by atoms with Crippen molar-refractivity contribution >= 4 is 5.97 Å². The Bertz CT molecular complexity index is 328. The van der Waals surface area contributed by atoms with Crippen molar-refractivity contribution < 1.29 is 14.3 Å². The van der Waals surface area contributed by atoms with Gasteiger partial charge in [0.05, 0.1) is 6.61 Å². The summed E-state index contributed by atoms with van der Waals surface area (Å²) in [7, 11) is 0. The molecule has 18 heavy (non-hydrogen) atoms. The highest BCUT2D eigenvalue weighted by molar-refractivity contribution is 5.85. The molecule has 1 saturated carbocycles. The van der Waals surface area contributed by atoms with E-state index in [9.17, 15) is 4.79 Å². The van der Waals surface area contributed by atoms with Crippen LogP contribution in [0.5, 0.6) is 0 Å². The monoisotopic (exact) mass is 254 g/mol. The third kappa shape index (κ3) is 1.87. The van der Waals surface area contributed by atoms with E-state index in [0.717, 1.165) is 25.7 Å². The van der Waals surface area contributed by atoms with E-state index in [1.807, 2.05) is 6.92 Å². The fourth-order valence-corrected chi connectivity index (χ4v) is 3.76. The second-order valence-corrected chi connectivity index (χ2v) is 6.08. The number of hydrogen-bond acceptors (Lipinski definition) is 3. The normalized spacial score (nSPS) is 42.9. The molecule has 0 N–H and O–H groups in total. The zero-order valence-electron chi connectivity index (χ0n) is 12.1. The zero-order valence-corrected chi connectivity index (χ0v) is 12.1. The number of epoxide rings is 1. The molecule has 0 radical (unpaired) electrons. The van der Waals surface area contributed by atoms with Gasteiger partial charge in [-0.05, 0) is 38.0 Å². The molecule has 0 bridgehead atoms. The molecule has 2 fully saturated rings. The van der Waals surface area contributed by atoms with Crippen LogP contribution in [0.1, 0.15) is 59.8 Å². The standard InChI is InChI=1S/C15H26O3/c1-5-9-14(13(16)17-6-2)15(18-14)10-11(3)7-8-12(15)4/h11-12H,5-10H2,1-4H3. The van der Waals surface area contributed by atoms with Gasteiger partial charge in [-0.15, -0.1) is 0 Å². The lowest BCUT2D eigenvalue weighted by Crippen LogP contribution is -2.42. The summed E-state index contributed by atoms with van der Waals surface area (Å²) in [6, 6.07) is 0. The SMILES string of the molecule is CCCC1(C(=O)OCC)OC12CC(C)CCC2C. The summed E-state index contributed by atoms with van der Waals surface area (Å²) >= 11 is 0. The maximum Gasteiger partial charge on any atom is 0.341 e. The van der Waals surface area contributed by atoms with Crippen LogP contribution in [-0.4, -0.2) is 23.8 Å². The molecule has 2 rings (SSSR count). The molecule has 1 aliphatic heterocycles. The number of hydrogen-bond donors (Lipinski definition) is 0. The van der Waals surface area contributed by atoms with Crippen LogP contribution in [0.4, 0.5) is 0 Å². The largest absolute Gasteiger partial charge is 0.464 e. The molecular formula is C15H26O3. The van der Waals surface area contributed by atoms with E-state index in [2.05, 4.69) is 20.8 Å². The van der Waals surface area contributed by atoms with Gasteiger partial charge < -0.3 is 9.47 Å². The summed E-state index contributed by atoms with van der Waals surface area (Å²) in [4.78, 5) is 12.3. The molecule has 1 aliphatic carbocycles. The molecule has 1 saturated heterocycles. The first-order valence-corrected chi connectivity index (χ1v) is 7.39. The van der Waals surface area contributed by atoms with E-state index in [4.69, 9.17) is 9.47 Å². The highest BCUT2D eigenvalue weighted by atomic mass is 16.7. The number of ether oxygens (including phenoxy) is 2. The first kappa shape index (κ1) is 13.9. The van der Waals surface area contributed by atoms with Gasteiger partial charge in [0, 0.05) is 0 Å². The molecule has 4 atom stereocenters. The van der Waals surface area contributed by atoms with E-state index in [-0.39, 0.29) is 11.6 Å². The molecule has 0 aromatic heterocycles. The van der Waals surface area contributed by atoms with Crippen molar-refractivity contribution in [1.82, 2.24) is 0 Å². The van der Waals surface area contributed by atoms with Gasteiger partial charge in [0.25, 0.3) is 0 Å². The Labute approximate surface area is 110 Å². The van der Waals surface area contributed by atoms with Crippen LogP contribution >= 0.6 is 0 Å². The molecule has 3 nitrogen and oxygen atoms in total. The highest BCUT2D eigenvalue weighted by Crippen LogP contribution is 2.62. The van der Waals surface area contributed by atoms with E-state index in [1.165, 1.54) is 6.42 Å². The molecule has 0 amide bonds. The summed E-state index contributed by atoms with van der Waals surface area (Å²) in [5, 5.41) is 0. The molecular weight excluding hydrogens is 228 g/mol. The lowest BCUT2D eigenvalue weighted by atomic mass is 9.68. The maximum atomic E-state index is 12.3. The minimum atomic E-state index is -0.633. The fourth-order valence-electron chi connectivity index (χ4n) is 3.76. The van der Waals surface area contributed by atoms with E-state index in [0.29, 0.717) is 18.4 Å². The van der Waals surface area contributed by atoms with Crippen molar-refractivity contribution in [3.63, 3.8) is 0 Å². The summed E-state index contributed by atoms with van der Waals surface area (Å²) in [6.45, 7) is 8.89. The van der Waals surface area contributed by atoms with Gasteiger partial charge in [-0.3, -0.25) is 0 Å². The topological polar surface area (TPSA) is 38.8 Å². The van der Waals surface area contributed by atoms with Crippen LogP contribution in [0.15, 0.2) is 0 Å². The molecule has 2 aliphatic rings. The minimum absolute atomic E-state index is 0.132. The summed E-state index contributed by atoms with van der Waals surface area (Å²) in [6.07, 6.45) is 5.17. The van der Waals surface area contributed by atoms with Crippen LogP contribution in [0, 0.1) is 11.8 Å². The Balaban J connectivity index is 2.21. The van der Waals surface area contributed by atoms with Crippen molar-refractivity contribution in [1.29, 1.82) is 0 Å². The first-order valence-electron chi connectivity index (χ1n) is 7.39. The molecule has 1 heterocycles. The Hall–Kier alpha value is -0.570. The van der Waals surface area contributed by atoms with Gasteiger partial charge in [0.1, 0.15) is 5.60 Å². The van der Waals surface area contributed by atoms with Gasteiger partial charge in [0.15, 0.2) is 5.60 Å². The van der Waals surface area contributed by atoms with Crippen molar-refractivity contribution in [3.05, 3.63) is 0 Å². The predicted molar refractivity (Wildman–Crippen MR) is 70.3 cm³/mol. The lowest BCUT2D eigenvalue weighted by Gasteiger charge is -2.32. The number of carbonyl (C=O) groups excluding carboxylic acids is 1. The molecule has 0 aromatic carbocycles. The van der Waals surface area contributed by atoms with Crippen molar-refractivity contribution in [2.45, 2.75) is 71.0 Å². The molecule has 0 aromatic rings. The summed E-state index contributed by atoms with van der Waals surface area (Å²) < 4.78 is 11.4. The molecule has 3 heteroatoms. The van der Waals surface area contributed by atoms with Gasteiger partial charge in [-0.2, -0.15) is 0 Å². The molecule has 4 unspecified atom stereocenters. The quantitative estimate of drug-likeness (QED) is 0.570. The predicted octanol–water partition coefficient (Wildman–Crippen LogP) is 3.31. The molecule has 104 valence electrons. The Morgan fingerprint density at radius 3 is 2.67 bits per heavy atom. The molecule has 1 spiro atoms. The zero-order chi connectivity index (χ0) is 13.4. The average Bonchev–Trinajstić information content (AvgIpc) is 2.95. The first-order chi connectivity index (χ1) is 8.52. The smallest absolute Gasteiger partial charge is 0.341 e. The van der Waals surface area contributed by atoms with Crippen molar-refractivity contribution in [2.24, 2.45) is 11.8 Å². The maximum absolute atomic E-state index is 12.3. The van der Waals surface area contributed by atoms with Crippen LogP contribution in [-0.2, 0) is 14.3 Å². The van der Waals surface area contributed by atoms with Crippen molar-refractivity contribution in [3.8, 4) is 0 Å². The van der Waals surface area contributed by atoms with Crippen LogP contribution in [0.3, 0.4) is 0 Å². The van der Waals surface area contributed by atoms with E-state index in [1.54, 1.807) is 0 Å². The Kier molecular flexibility index (Phi) is 3.72. The average molecular weight is 254 g/mol. The highest BCUT2D eigenvalue weighted by Gasteiger charge is 2.77. The number of esters is 1. The number of rotatable bonds is 4. The second kappa shape index (κ2) is 4.84. The number of carbonyl (C=O) groups is 1. The Morgan fingerprint density at radius 2 is 2.06 bits per heavy atom. The van der Waals surface area contributed by atoms with Gasteiger partial charge >= 0.3 is 5.97 Å². The van der Waals surface area contributed by atoms with Crippen molar-refractivity contribution in [2.75, 3.05) is 6.61 Å². The third-order valence-corrected chi connectivity index (χ3v) is 4.75. The Morgan fingerprint density at radius 1 is 1.33 bits per heavy atom. The summed E-state index contributed by atoms with van der Waals surface area (Å²) in [5.74, 6) is 0.979. The fraction of sp³-hybridized carbons (Fsp3) is 0.933. The van der Waals surface area contributed by atoms with Crippen LogP contribution in [0.2, 0.25) is 0 Å². The lowest BCUT2D eigenvalue weighted by molar-refractivity contribution is -0.150. The summed E-state index contributed by atoms with van der Waals surface area (Å²) in [5.41, 5.74) is -0.862. The van der Waals surface area contributed by atoms with E-state index < -0.39 is 5.60 Å². The minimum Gasteiger partial charge on any atom is -0.464 e. The van der Waals surface area contributed by atoms with Gasteiger partial charge in [0.2, 0.25) is 0 Å².